The Morgan fingerprint density at radius 2 is 1.82 bits per heavy atom. The lowest BCUT2D eigenvalue weighted by molar-refractivity contribution is 0.477. The predicted octanol–water partition coefficient (Wildman–Crippen LogP) is 6.14. The minimum Gasteiger partial charge on any atom is -0.507 e. The molecule has 1 fully saturated rings. The SMILES string of the molecule is CSc1ccc(-c2cc(-c3cc(C)ccc3O)nc(N3CCCC3C)c2)cc1. The molecule has 0 bridgehead atoms. The minimum absolute atomic E-state index is 0.272. The molecule has 3 aromatic rings. The number of hydrogen-bond donors (Lipinski definition) is 1. The fraction of sp³-hybridized carbons (Fsp3) is 0.292. The van der Waals surface area contributed by atoms with Crippen molar-refractivity contribution in [2.75, 3.05) is 17.7 Å². The van der Waals surface area contributed by atoms with Crippen LogP contribution in [0.2, 0.25) is 0 Å². The fourth-order valence-corrected chi connectivity index (χ4v) is 4.29. The lowest BCUT2D eigenvalue weighted by Crippen LogP contribution is -2.27. The summed E-state index contributed by atoms with van der Waals surface area (Å²) in [7, 11) is 0. The molecule has 28 heavy (non-hydrogen) atoms. The van der Waals surface area contributed by atoms with E-state index in [0.717, 1.165) is 34.7 Å². The van der Waals surface area contributed by atoms with E-state index in [9.17, 15) is 5.11 Å². The number of benzene rings is 2. The lowest BCUT2D eigenvalue weighted by Gasteiger charge is -2.24. The first-order valence-corrected chi connectivity index (χ1v) is 11.0. The van der Waals surface area contributed by atoms with Crippen LogP contribution >= 0.6 is 11.8 Å². The number of phenolic OH excluding ortho intramolecular Hbond substituents is 1. The van der Waals surface area contributed by atoms with E-state index in [1.165, 1.54) is 23.3 Å². The molecule has 0 radical (unpaired) electrons. The Morgan fingerprint density at radius 3 is 2.50 bits per heavy atom. The van der Waals surface area contributed by atoms with E-state index < -0.39 is 0 Å². The van der Waals surface area contributed by atoms with Crippen LogP contribution in [0, 0.1) is 6.92 Å². The topological polar surface area (TPSA) is 36.4 Å². The van der Waals surface area contributed by atoms with Crippen LogP contribution in [0.5, 0.6) is 5.75 Å². The van der Waals surface area contributed by atoms with E-state index in [-0.39, 0.29) is 5.75 Å². The van der Waals surface area contributed by atoms with Gasteiger partial charge in [-0.15, -0.1) is 11.8 Å². The third-order valence-corrected chi connectivity index (χ3v) is 6.25. The smallest absolute Gasteiger partial charge is 0.130 e. The van der Waals surface area contributed by atoms with Gasteiger partial charge in [0, 0.05) is 23.0 Å². The molecule has 1 atom stereocenters. The van der Waals surface area contributed by atoms with Crippen molar-refractivity contribution in [3.8, 4) is 28.1 Å². The Bertz CT molecular complexity index is 984. The fourth-order valence-electron chi connectivity index (χ4n) is 3.88. The average Bonchev–Trinajstić information content (AvgIpc) is 3.15. The Balaban J connectivity index is 1.86. The molecule has 1 aromatic heterocycles. The van der Waals surface area contributed by atoms with Crippen molar-refractivity contribution in [2.24, 2.45) is 0 Å². The first kappa shape index (κ1) is 18.9. The van der Waals surface area contributed by atoms with Crippen LogP contribution < -0.4 is 4.90 Å². The van der Waals surface area contributed by atoms with E-state index in [1.54, 1.807) is 17.8 Å². The van der Waals surface area contributed by atoms with Crippen LogP contribution in [0.15, 0.2) is 59.5 Å². The summed E-state index contributed by atoms with van der Waals surface area (Å²) in [6.07, 6.45) is 4.48. The molecule has 0 saturated carbocycles. The normalized spacial score (nSPS) is 16.5. The molecule has 1 saturated heterocycles. The Labute approximate surface area is 171 Å². The van der Waals surface area contributed by atoms with E-state index >= 15 is 0 Å². The van der Waals surface area contributed by atoms with Crippen LogP contribution in [0.25, 0.3) is 22.4 Å². The zero-order valence-corrected chi connectivity index (χ0v) is 17.5. The van der Waals surface area contributed by atoms with Crippen molar-refractivity contribution >= 4 is 17.6 Å². The molecule has 144 valence electrons. The highest BCUT2D eigenvalue weighted by Crippen LogP contribution is 2.36. The Hall–Kier alpha value is -2.46. The van der Waals surface area contributed by atoms with Gasteiger partial charge in [0.1, 0.15) is 11.6 Å². The molecule has 3 nitrogen and oxygen atoms in total. The second-order valence-corrected chi connectivity index (χ2v) is 8.41. The van der Waals surface area contributed by atoms with Gasteiger partial charge >= 0.3 is 0 Å². The molecule has 1 aliphatic rings. The maximum atomic E-state index is 10.5. The van der Waals surface area contributed by atoms with Crippen molar-refractivity contribution in [2.45, 2.75) is 37.6 Å². The number of pyridine rings is 1. The maximum absolute atomic E-state index is 10.5. The zero-order chi connectivity index (χ0) is 19.7. The minimum atomic E-state index is 0.272. The molecule has 4 rings (SSSR count). The lowest BCUT2D eigenvalue weighted by atomic mass is 10.0. The first-order chi connectivity index (χ1) is 13.5. The number of nitrogens with zero attached hydrogens (tertiary/aromatic N) is 2. The summed E-state index contributed by atoms with van der Waals surface area (Å²) in [6.45, 7) is 5.33. The monoisotopic (exact) mass is 390 g/mol. The zero-order valence-electron chi connectivity index (χ0n) is 16.6. The summed E-state index contributed by atoms with van der Waals surface area (Å²) in [6, 6.07) is 19.1. The van der Waals surface area contributed by atoms with Crippen molar-refractivity contribution in [1.29, 1.82) is 0 Å². The third kappa shape index (κ3) is 3.74. The molecule has 0 spiro atoms. The van der Waals surface area contributed by atoms with Gasteiger partial charge in [0.05, 0.1) is 5.69 Å². The first-order valence-electron chi connectivity index (χ1n) is 9.78. The van der Waals surface area contributed by atoms with Gasteiger partial charge in [0.25, 0.3) is 0 Å². The highest BCUT2D eigenvalue weighted by Gasteiger charge is 2.23. The number of aryl methyl sites for hydroxylation is 1. The van der Waals surface area contributed by atoms with Crippen molar-refractivity contribution in [3.63, 3.8) is 0 Å². The summed E-state index contributed by atoms with van der Waals surface area (Å²) in [5.41, 5.74) is 5.02. The number of anilines is 1. The second kappa shape index (κ2) is 7.88. The average molecular weight is 391 g/mol. The van der Waals surface area contributed by atoms with Crippen LogP contribution in [-0.2, 0) is 0 Å². The summed E-state index contributed by atoms with van der Waals surface area (Å²) >= 11 is 1.75. The van der Waals surface area contributed by atoms with Crippen molar-refractivity contribution in [3.05, 3.63) is 60.2 Å². The van der Waals surface area contributed by atoms with Gasteiger partial charge in [0.15, 0.2) is 0 Å². The number of hydrogen-bond acceptors (Lipinski definition) is 4. The summed E-state index contributed by atoms with van der Waals surface area (Å²) < 4.78 is 0. The number of aromatic nitrogens is 1. The number of aromatic hydroxyl groups is 1. The quantitative estimate of drug-likeness (QED) is 0.543. The van der Waals surface area contributed by atoms with Crippen LogP contribution in [0.4, 0.5) is 5.82 Å². The van der Waals surface area contributed by atoms with Gasteiger partial charge < -0.3 is 10.0 Å². The van der Waals surface area contributed by atoms with E-state index in [1.807, 2.05) is 19.1 Å². The van der Waals surface area contributed by atoms with Gasteiger partial charge in [-0.05, 0) is 80.5 Å². The largest absolute Gasteiger partial charge is 0.507 e. The molecular formula is C24H26N2OS. The number of thioether (sulfide) groups is 1. The van der Waals surface area contributed by atoms with Gasteiger partial charge in [-0.3, -0.25) is 0 Å². The molecule has 2 aromatic carbocycles. The van der Waals surface area contributed by atoms with E-state index in [4.69, 9.17) is 4.98 Å². The van der Waals surface area contributed by atoms with E-state index in [2.05, 4.69) is 54.5 Å². The highest BCUT2D eigenvalue weighted by atomic mass is 32.2. The number of rotatable bonds is 4. The predicted molar refractivity (Wildman–Crippen MR) is 119 cm³/mol. The van der Waals surface area contributed by atoms with Gasteiger partial charge in [-0.25, -0.2) is 4.98 Å². The molecule has 4 heteroatoms. The molecule has 2 heterocycles. The maximum Gasteiger partial charge on any atom is 0.130 e. The van der Waals surface area contributed by atoms with Gasteiger partial charge in [-0.1, -0.05) is 23.8 Å². The highest BCUT2D eigenvalue weighted by molar-refractivity contribution is 7.98. The van der Waals surface area contributed by atoms with Crippen molar-refractivity contribution in [1.82, 2.24) is 4.98 Å². The van der Waals surface area contributed by atoms with Crippen LogP contribution in [0.1, 0.15) is 25.3 Å². The summed E-state index contributed by atoms with van der Waals surface area (Å²) in [5.74, 6) is 1.26. The second-order valence-electron chi connectivity index (χ2n) is 7.53. The Morgan fingerprint density at radius 1 is 1.04 bits per heavy atom. The molecule has 1 unspecified atom stereocenters. The van der Waals surface area contributed by atoms with E-state index in [0.29, 0.717) is 6.04 Å². The van der Waals surface area contributed by atoms with Crippen LogP contribution in [-0.4, -0.2) is 28.9 Å². The molecule has 0 aliphatic carbocycles. The standard InChI is InChI=1S/C24H26N2OS/c1-16-6-11-23(27)21(13-16)22-14-19(18-7-9-20(28-3)10-8-18)15-24(25-22)26-12-4-5-17(26)2/h6-11,13-15,17,27H,4-5,12H2,1-3H3. The molecule has 1 aliphatic heterocycles. The van der Waals surface area contributed by atoms with Gasteiger partial charge in [-0.2, -0.15) is 0 Å². The van der Waals surface area contributed by atoms with Crippen LogP contribution in [0.3, 0.4) is 0 Å². The van der Waals surface area contributed by atoms with Gasteiger partial charge in [0.2, 0.25) is 0 Å². The molecule has 1 N–H and O–H groups in total. The summed E-state index contributed by atoms with van der Waals surface area (Å²) in [4.78, 5) is 8.60. The Kier molecular flexibility index (Phi) is 5.31. The molecular weight excluding hydrogens is 364 g/mol. The van der Waals surface area contributed by atoms with Crippen molar-refractivity contribution < 1.29 is 5.11 Å². The molecule has 0 amide bonds. The number of phenols is 1. The summed E-state index contributed by atoms with van der Waals surface area (Å²) in [5, 5.41) is 10.5. The third-order valence-electron chi connectivity index (χ3n) is 5.51.